The van der Waals surface area contributed by atoms with Gasteiger partial charge in [-0.25, -0.2) is 4.39 Å². The maximum atomic E-state index is 13.2. The number of para-hydroxylation sites is 1. The SMILES string of the molecule is O=C(CN1C(=O)c2ccccc2[C@H]1c1c[nH]c2ccccc12)NCc1ccc(F)cc1. The van der Waals surface area contributed by atoms with Crippen molar-refractivity contribution in [3.63, 3.8) is 0 Å². The lowest BCUT2D eigenvalue weighted by molar-refractivity contribution is -0.122. The number of nitrogens with one attached hydrogen (secondary N) is 2. The Morgan fingerprint density at radius 2 is 1.71 bits per heavy atom. The van der Waals surface area contributed by atoms with Crippen molar-refractivity contribution in [3.05, 3.63) is 107 Å². The molecule has 3 aromatic carbocycles. The highest BCUT2D eigenvalue weighted by Crippen LogP contribution is 2.40. The first-order chi connectivity index (χ1) is 15.1. The van der Waals surface area contributed by atoms with E-state index in [9.17, 15) is 14.0 Å². The van der Waals surface area contributed by atoms with Crippen molar-refractivity contribution in [2.75, 3.05) is 6.54 Å². The number of H-pyrrole nitrogens is 1. The van der Waals surface area contributed by atoms with Crippen molar-refractivity contribution in [1.82, 2.24) is 15.2 Å². The Bertz CT molecular complexity index is 1280. The van der Waals surface area contributed by atoms with Crippen molar-refractivity contribution < 1.29 is 14.0 Å². The highest BCUT2D eigenvalue weighted by atomic mass is 19.1. The van der Waals surface area contributed by atoms with Gasteiger partial charge in [-0.15, -0.1) is 0 Å². The first kappa shape index (κ1) is 19.1. The second-order valence-corrected chi connectivity index (χ2v) is 7.62. The molecule has 5 nitrogen and oxygen atoms in total. The minimum Gasteiger partial charge on any atom is -0.361 e. The Labute approximate surface area is 178 Å². The maximum Gasteiger partial charge on any atom is 0.255 e. The number of aromatic amines is 1. The van der Waals surface area contributed by atoms with Gasteiger partial charge in [-0.2, -0.15) is 0 Å². The molecule has 0 spiro atoms. The predicted molar refractivity (Wildman–Crippen MR) is 116 cm³/mol. The third-order valence-electron chi connectivity index (χ3n) is 5.69. The summed E-state index contributed by atoms with van der Waals surface area (Å²) in [5.74, 6) is -0.754. The Kier molecular flexibility index (Phi) is 4.75. The maximum absolute atomic E-state index is 13.2. The molecule has 2 amide bonds. The Hall–Kier alpha value is -3.93. The van der Waals surface area contributed by atoms with Gasteiger partial charge in [-0.1, -0.05) is 48.5 Å². The van der Waals surface area contributed by atoms with Gasteiger partial charge in [0.2, 0.25) is 5.91 Å². The van der Waals surface area contributed by atoms with Gasteiger partial charge in [0.15, 0.2) is 0 Å². The molecule has 0 aliphatic carbocycles. The van der Waals surface area contributed by atoms with Crippen molar-refractivity contribution in [2.24, 2.45) is 0 Å². The molecule has 0 fully saturated rings. The van der Waals surface area contributed by atoms with E-state index in [1.807, 2.05) is 48.7 Å². The third-order valence-corrected chi connectivity index (χ3v) is 5.69. The van der Waals surface area contributed by atoms with Crippen molar-refractivity contribution in [1.29, 1.82) is 0 Å². The predicted octanol–water partition coefficient (Wildman–Crippen LogP) is 4.17. The largest absolute Gasteiger partial charge is 0.361 e. The molecule has 5 rings (SSSR count). The highest BCUT2D eigenvalue weighted by molar-refractivity contribution is 6.02. The van der Waals surface area contributed by atoms with Crippen LogP contribution in [-0.4, -0.2) is 28.2 Å². The smallest absolute Gasteiger partial charge is 0.255 e. The molecule has 1 aliphatic heterocycles. The van der Waals surface area contributed by atoms with Gasteiger partial charge in [0.25, 0.3) is 5.91 Å². The topological polar surface area (TPSA) is 65.2 Å². The summed E-state index contributed by atoms with van der Waals surface area (Å²) in [7, 11) is 0. The van der Waals surface area contributed by atoms with Gasteiger partial charge in [0.05, 0.1) is 6.04 Å². The number of rotatable bonds is 5. The van der Waals surface area contributed by atoms with E-state index in [2.05, 4.69) is 10.3 Å². The van der Waals surface area contributed by atoms with Crippen LogP contribution in [0, 0.1) is 5.82 Å². The Morgan fingerprint density at radius 1 is 0.968 bits per heavy atom. The van der Waals surface area contributed by atoms with Gasteiger partial charge in [-0.05, 0) is 35.4 Å². The van der Waals surface area contributed by atoms with E-state index in [1.54, 1.807) is 23.1 Å². The van der Waals surface area contributed by atoms with E-state index < -0.39 is 0 Å². The number of halogens is 1. The first-order valence-electron chi connectivity index (χ1n) is 10.1. The van der Waals surface area contributed by atoms with Crippen LogP contribution in [0.5, 0.6) is 0 Å². The molecule has 31 heavy (non-hydrogen) atoms. The van der Waals surface area contributed by atoms with Gasteiger partial charge in [0.1, 0.15) is 12.4 Å². The zero-order valence-electron chi connectivity index (χ0n) is 16.6. The van der Waals surface area contributed by atoms with E-state index in [4.69, 9.17) is 0 Å². The molecule has 4 aromatic rings. The van der Waals surface area contributed by atoms with Crippen LogP contribution >= 0.6 is 0 Å². The summed E-state index contributed by atoms with van der Waals surface area (Å²) < 4.78 is 13.1. The summed E-state index contributed by atoms with van der Waals surface area (Å²) in [5, 5.41) is 3.85. The highest BCUT2D eigenvalue weighted by Gasteiger charge is 2.39. The molecule has 1 aliphatic rings. The van der Waals surface area contributed by atoms with Gasteiger partial charge in [0, 0.05) is 34.8 Å². The summed E-state index contributed by atoms with van der Waals surface area (Å²) in [4.78, 5) is 30.8. The third kappa shape index (κ3) is 3.46. The monoisotopic (exact) mass is 413 g/mol. The summed E-state index contributed by atoms with van der Waals surface area (Å²) in [6, 6.07) is 21.0. The minimum atomic E-state index is -0.351. The van der Waals surface area contributed by atoms with Crippen LogP contribution in [0.15, 0.2) is 79.0 Å². The molecule has 1 atom stereocenters. The van der Waals surface area contributed by atoms with Crippen LogP contribution in [0.4, 0.5) is 4.39 Å². The van der Waals surface area contributed by atoms with E-state index in [0.717, 1.165) is 27.6 Å². The molecule has 154 valence electrons. The van der Waals surface area contributed by atoms with Crippen LogP contribution in [0.3, 0.4) is 0 Å². The molecule has 0 bridgehead atoms. The lowest BCUT2D eigenvalue weighted by atomic mass is 9.97. The summed E-state index contributed by atoms with van der Waals surface area (Å²) >= 11 is 0. The summed E-state index contributed by atoms with van der Waals surface area (Å²) in [6.45, 7) is 0.199. The zero-order chi connectivity index (χ0) is 21.4. The second-order valence-electron chi connectivity index (χ2n) is 7.62. The quantitative estimate of drug-likeness (QED) is 0.516. The average molecular weight is 413 g/mol. The molecule has 0 unspecified atom stereocenters. The fourth-order valence-corrected chi connectivity index (χ4v) is 4.20. The molecule has 6 heteroatoms. The van der Waals surface area contributed by atoms with Crippen molar-refractivity contribution in [3.8, 4) is 0 Å². The molecule has 1 aromatic heterocycles. The zero-order valence-corrected chi connectivity index (χ0v) is 16.6. The number of hydrogen-bond donors (Lipinski definition) is 2. The number of benzene rings is 3. The second kappa shape index (κ2) is 7.72. The number of amides is 2. The lowest BCUT2D eigenvalue weighted by Crippen LogP contribution is -2.39. The van der Waals surface area contributed by atoms with E-state index in [0.29, 0.717) is 5.56 Å². The molecule has 2 heterocycles. The van der Waals surface area contributed by atoms with E-state index in [-0.39, 0.29) is 36.8 Å². The Morgan fingerprint density at radius 3 is 2.55 bits per heavy atom. The van der Waals surface area contributed by atoms with Crippen LogP contribution < -0.4 is 5.32 Å². The standard InChI is InChI=1S/C25H20FN3O2/c26-17-11-9-16(10-12-17)13-28-23(30)15-29-24(19-6-1-2-7-20(19)25(29)31)21-14-27-22-8-4-3-5-18(21)22/h1-12,14,24,27H,13,15H2,(H,28,30)/t24-/m0/s1. The van der Waals surface area contributed by atoms with Crippen LogP contribution in [-0.2, 0) is 11.3 Å². The molecular weight excluding hydrogens is 393 g/mol. The first-order valence-corrected chi connectivity index (χ1v) is 10.1. The average Bonchev–Trinajstić information content (AvgIpc) is 3.33. The fraction of sp³-hybridized carbons (Fsp3) is 0.120. The number of nitrogens with zero attached hydrogens (tertiary/aromatic N) is 1. The van der Waals surface area contributed by atoms with Crippen LogP contribution in [0.2, 0.25) is 0 Å². The van der Waals surface area contributed by atoms with E-state index >= 15 is 0 Å². The number of carbonyl (C=O) groups is 2. The summed E-state index contributed by atoms with van der Waals surface area (Å²) in [6.07, 6.45) is 1.91. The lowest BCUT2D eigenvalue weighted by Gasteiger charge is -2.25. The summed E-state index contributed by atoms with van der Waals surface area (Å²) in [5.41, 5.74) is 4.24. The molecule has 0 radical (unpaired) electrons. The molecule has 0 saturated carbocycles. The number of hydrogen-bond acceptors (Lipinski definition) is 2. The van der Waals surface area contributed by atoms with Crippen molar-refractivity contribution in [2.45, 2.75) is 12.6 Å². The number of carbonyl (C=O) groups excluding carboxylic acids is 2. The van der Waals surface area contributed by atoms with E-state index in [1.165, 1.54) is 12.1 Å². The van der Waals surface area contributed by atoms with Gasteiger partial charge >= 0.3 is 0 Å². The van der Waals surface area contributed by atoms with Crippen molar-refractivity contribution >= 4 is 22.7 Å². The van der Waals surface area contributed by atoms with Crippen LogP contribution in [0.25, 0.3) is 10.9 Å². The van der Waals surface area contributed by atoms with Crippen LogP contribution in [0.1, 0.15) is 33.1 Å². The van der Waals surface area contributed by atoms with Gasteiger partial charge in [-0.3, -0.25) is 9.59 Å². The number of aromatic nitrogens is 1. The molecule has 0 saturated heterocycles. The normalized spacial score (nSPS) is 15.3. The van der Waals surface area contributed by atoms with Gasteiger partial charge < -0.3 is 15.2 Å². The molecular formula is C25H20FN3O2. The Balaban J connectivity index is 1.43. The minimum absolute atomic E-state index is 0.0706. The number of fused-ring (bicyclic) bond motifs is 2. The fourth-order valence-electron chi connectivity index (χ4n) is 4.20. The molecule has 2 N–H and O–H groups in total.